The van der Waals surface area contributed by atoms with E-state index in [1.807, 2.05) is 0 Å². The Morgan fingerprint density at radius 2 is 1.60 bits per heavy atom. The molecule has 0 radical (unpaired) electrons. The summed E-state index contributed by atoms with van der Waals surface area (Å²) in [6.07, 6.45) is 0. The van der Waals surface area contributed by atoms with Gasteiger partial charge in [0.05, 0.1) is 19.0 Å². The number of hydrogen-bond acceptors (Lipinski definition) is 4. The molecule has 86 valence electrons. The molecule has 0 aromatic heterocycles. The standard InChI is InChI=1S/C8H15N3O4/c1-5(8(14)15)2-11(3-6(9)12)4-7(10)13/h5H,2-4H2,1H3,(H2,9,12)(H2,10,13)(H,14,15). The number of rotatable bonds is 7. The van der Waals surface area contributed by atoms with Crippen LogP contribution in [0.15, 0.2) is 0 Å². The first-order valence-corrected chi connectivity index (χ1v) is 4.34. The lowest BCUT2D eigenvalue weighted by molar-refractivity contribution is -0.142. The van der Waals surface area contributed by atoms with Crippen LogP contribution < -0.4 is 11.5 Å². The molecule has 0 heterocycles. The van der Waals surface area contributed by atoms with E-state index >= 15 is 0 Å². The Morgan fingerprint density at radius 3 is 1.87 bits per heavy atom. The summed E-state index contributed by atoms with van der Waals surface area (Å²) >= 11 is 0. The molecule has 0 fully saturated rings. The summed E-state index contributed by atoms with van der Waals surface area (Å²) in [6, 6.07) is 0. The normalized spacial score (nSPS) is 12.4. The Bertz CT molecular complexity index is 251. The number of nitrogens with zero attached hydrogens (tertiary/aromatic N) is 1. The highest BCUT2D eigenvalue weighted by Crippen LogP contribution is 1.99. The molecule has 0 rings (SSSR count). The first-order chi connectivity index (χ1) is 6.82. The van der Waals surface area contributed by atoms with Gasteiger partial charge >= 0.3 is 5.97 Å². The van der Waals surface area contributed by atoms with E-state index in [2.05, 4.69) is 0 Å². The van der Waals surface area contributed by atoms with Gasteiger partial charge in [-0.2, -0.15) is 0 Å². The van der Waals surface area contributed by atoms with E-state index in [1.54, 1.807) is 0 Å². The number of amides is 2. The lowest BCUT2D eigenvalue weighted by atomic mass is 10.1. The number of aliphatic carboxylic acids is 1. The highest BCUT2D eigenvalue weighted by molar-refractivity contribution is 5.79. The number of hydrogen-bond donors (Lipinski definition) is 3. The third-order valence-electron chi connectivity index (χ3n) is 1.71. The Kier molecular flexibility index (Phi) is 5.32. The maximum Gasteiger partial charge on any atom is 0.307 e. The van der Waals surface area contributed by atoms with Gasteiger partial charge in [-0.3, -0.25) is 19.3 Å². The third kappa shape index (κ3) is 6.44. The van der Waals surface area contributed by atoms with Crippen molar-refractivity contribution in [2.45, 2.75) is 6.92 Å². The fourth-order valence-corrected chi connectivity index (χ4v) is 1.09. The van der Waals surface area contributed by atoms with Crippen LogP contribution in [0.3, 0.4) is 0 Å². The van der Waals surface area contributed by atoms with Crippen LogP contribution in [0.1, 0.15) is 6.92 Å². The summed E-state index contributed by atoms with van der Waals surface area (Å²) < 4.78 is 0. The fourth-order valence-electron chi connectivity index (χ4n) is 1.09. The Morgan fingerprint density at radius 1 is 1.20 bits per heavy atom. The van der Waals surface area contributed by atoms with Crippen LogP contribution in [0.4, 0.5) is 0 Å². The van der Waals surface area contributed by atoms with Crippen molar-refractivity contribution in [1.82, 2.24) is 4.90 Å². The van der Waals surface area contributed by atoms with Gasteiger partial charge < -0.3 is 16.6 Å². The summed E-state index contributed by atoms with van der Waals surface area (Å²) in [5.74, 6) is -2.96. The highest BCUT2D eigenvalue weighted by atomic mass is 16.4. The largest absolute Gasteiger partial charge is 0.481 e. The predicted octanol–water partition coefficient (Wildman–Crippen LogP) is -2.02. The number of primary amides is 2. The highest BCUT2D eigenvalue weighted by Gasteiger charge is 2.18. The van der Waals surface area contributed by atoms with Gasteiger partial charge in [-0.25, -0.2) is 0 Å². The first-order valence-electron chi connectivity index (χ1n) is 4.34. The second-order valence-electron chi connectivity index (χ2n) is 3.34. The smallest absolute Gasteiger partial charge is 0.307 e. The number of carbonyl (C=O) groups is 3. The van der Waals surface area contributed by atoms with Crippen molar-refractivity contribution in [2.75, 3.05) is 19.6 Å². The van der Waals surface area contributed by atoms with E-state index < -0.39 is 23.7 Å². The van der Waals surface area contributed by atoms with Crippen molar-refractivity contribution in [2.24, 2.45) is 17.4 Å². The molecule has 1 atom stereocenters. The molecule has 1 unspecified atom stereocenters. The maximum atomic E-state index is 10.6. The van der Waals surface area contributed by atoms with E-state index in [0.717, 1.165) is 0 Å². The van der Waals surface area contributed by atoms with Crippen LogP contribution in [-0.2, 0) is 14.4 Å². The lowest BCUT2D eigenvalue weighted by Gasteiger charge is -2.20. The summed E-state index contributed by atoms with van der Waals surface area (Å²) in [7, 11) is 0. The van der Waals surface area contributed by atoms with E-state index in [0.29, 0.717) is 0 Å². The second kappa shape index (κ2) is 5.97. The van der Waals surface area contributed by atoms with E-state index in [-0.39, 0.29) is 19.6 Å². The summed E-state index contributed by atoms with van der Waals surface area (Å²) in [5, 5.41) is 8.64. The molecule has 0 saturated heterocycles. The molecule has 7 nitrogen and oxygen atoms in total. The zero-order valence-corrected chi connectivity index (χ0v) is 8.47. The van der Waals surface area contributed by atoms with Crippen molar-refractivity contribution >= 4 is 17.8 Å². The summed E-state index contributed by atoms with van der Waals surface area (Å²) in [6.45, 7) is 1.17. The van der Waals surface area contributed by atoms with E-state index in [1.165, 1.54) is 11.8 Å². The second-order valence-corrected chi connectivity index (χ2v) is 3.34. The molecule has 5 N–H and O–H groups in total. The minimum Gasteiger partial charge on any atom is -0.481 e. The Labute approximate surface area is 87.0 Å². The molecular formula is C8H15N3O4. The molecule has 15 heavy (non-hydrogen) atoms. The van der Waals surface area contributed by atoms with Gasteiger partial charge in [0.1, 0.15) is 0 Å². The van der Waals surface area contributed by atoms with Crippen molar-refractivity contribution in [3.63, 3.8) is 0 Å². The zero-order chi connectivity index (χ0) is 12.0. The first kappa shape index (κ1) is 13.4. The Hall–Kier alpha value is -1.63. The molecule has 0 spiro atoms. The fraction of sp³-hybridized carbons (Fsp3) is 0.625. The summed E-state index contributed by atoms with van der Waals surface area (Å²) in [5.41, 5.74) is 9.88. The van der Waals surface area contributed by atoms with Crippen molar-refractivity contribution in [1.29, 1.82) is 0 Å². The molecule has 2 amide bonds. The van der Waals surface area contributed by atoms with Gasteiger partial charge in [-0.05, 0) is 0 Å². The zero-order valence-electron chi connectivity index (χ0n) is 8.47. The van der Waals surface area contributed by atoms with Crippen LogP contribution in [0.2, 0.25) is 0 Å². The monoisotopic (exact) mass is 217 g/mol. The average Bonchev–Trinajstić information content (AvgIpc) is 2.00. The van der Waals surface area contributed by atoms with Gasteiger partial charge in [0, 0.05) is 6.54 Å². The average molecular weight is 217 g/mol. The van der Waals surface area contributed by atoms with Crippen LogP contribution in [0, 0.1) is 5.92 Å². The number of nitrogens with two attached hydrogens (primary N) is 2. The summed E-state index contributed by atoms with van der Waals surface area (Å²) in [4.78, 5) is 33.1. The van der Waals surface area contributed by atoms with Crippen LogP contribution in [-0.4, -0.2) is 47.4 Å². The van der Waals surface area contributed by atoms with E-state index in [9.17, 15) is 14.4 Å². The minimum atomic E-state index is -1.01. The number of carboxylic acids is 1. The van der Waals surface area contributed by atoms with Gasteiger partial charge in [-0.1, -0.05) is 6.92 Å². The van der Waals surface area contributed by atoms with Crippen LogP contribution in [0.5, 0.6) is 0 Å². The van der Waals surface area contributed by atoms with Crippen molar-refractivity contribution in [3.8, 4) is 0 Å². The molecule has 0 aromatic carbocycles. The molecule has 0 bridgehead atoms. The van der Waals surface area contributed by atoms with Crippen molar-refractivity contribution in [3.05, 3.63) is 0 Å². The quantitative estimate of drug-likeness (QED) is 0.453. The minimum absolute atomic E-state index is 0.0568. The molecule has 0 aliphatic carbocycles. The maximum absolute atomic E-state index is 10.6. The topological polar surface area (TPSA) is 127 Å². The van der Waals surface area contributed by atoms with Crippen molar-refractivity contribution < 1.29 is 19.5 Å². The predicted molar refractivity (Wildman–Crippen MR) is 51.6 cm³/mol. The van der Waals surface area contributed by atoms with E-state index in [4.69, 9.17) is 16.6 Å². The lowest BCUT2D eigenvalue weighted by Crippen LogP contribution is -2.42. The van der Waals surface area contributed by atoms with Gasteiger partial charge in [-0.15, -0.1) is 0 Å². The molecular weight excluding hydrogens is 202 g/mol. The SMILES string of the molecule is CC(CN(CC(N)=O)CC(N)=O)C(=O)O. The van der Waals surface area contributed by atoms with Gasteiger partial charge in [0.15, 0.2) is 0 Å². The number of carbonyl (C=O) groups excluding carboxylic acids is 2. The van der Waals surface area contributed by atoms with Gasteiger partial charge in [0.2, 0.25) is 11.8 Å². The van der Waals surface area contributed by atoms with Crippen LogP contribution in [0.25, 0.3) is 0 Å². The number of carboxylic acid groups (broad SMARTS) is 1. The molecule has 7 heteroatoms. The van der Waals surface area contributed by atoms with Crippen LogP contribution >= 0.6 is 0 Å². The van der Waals surface area contributed by atoms with Gasteiger partial charge in [0.25, 0.3) is 0 Å². The molecule has 0 saturated carbocycles. The Balaban J connectivity index is 4.29. The third-order valence-corrected chi connectivity index (χ3v) is 1.71. The molecule has 0 aliphatic rings. The molecule has 0 aliphatic heterocycles. The molecule has 0 aromatic rings.